The molecule has 3 nitrogen and oxygen atoms in total. The van der Waals surface area contributed by atoms with E-state index in [1.54, 1.807) is 13.2 Å². The van der Waals surface area contributed by atoms with Crippen LogP contribution in [0.5, 0.6) is 0 Å². The maximum absolute atomic E-state index is 5.62. The predicted molar refractivity (Wildman–Crippen MR) is 36.9 cm³/mol. The van der Waals surface area contributed by atoms with E-state index in [0.29, 0.717) is 5.92 Å². The molecule has 0 unspecified atom stereocenters. The van der Waals surface area contributed by atoms with Crippen molar-refractivity contribution in [2.45, 2.75) is 12.8 Å². The average Bonchev–Trinajstić information content (AvgIpc) is 2.40. The molecular weight excluding hydrogens is 114 g/mol. The minimum atomic E-state index is 0.621. The first-order valence-electron chi connectivity index (χ1n) is 3.15. The van der Waals surface area contributed by atoms with Gasteiger partial charge in [0.1, 0.15) is 0 Å². The van der Waals surface area contributed by atoms with Crippen molar-refractivity contribution in [2.75, 3.05) is 7.05 Å². The van der Waals surface area contributed by atoms with Gasteiger partial charge in [-0.15, -0.1) is 0 Å². The zero-order chi connectivity index (χ0) is 6.85. The van der Waals surface area contributed by atoms with Crippen LogP contribution in [0.4, 0.5) is 0 Å². The lowest BCUT2D eigenvalue weighted by molar-refractivity contribution is 0.476. The van der Waals surface area contributed by atoms with Gasteiger partial charge in [-0.2, -0.15) is 0 Å². The van der Waals surface area contributed by atoms with Crippen LogP contribution in [0.15, 0.2) is 11.9 Å². The molecule has 0 aromatic heterocycles. The summed E-state index contributed by atoms with van der Waals surface area (Å²) >= 11 is 0. The van der Waals surface area contributed by atoms with Gasteiger partial charge in [0.25, 0.3) is 0 Å². The molecule has 3 heteroatoms. The first-order valence-corrected chi connectivity index (χ1v) is 3.15. The molecule has 0 amide bonds. The van der Waals surface area contributed by atoms with Gasteiger partial charge < -0.3 is 10.7 Å². The summed E-state index contributed by atoms with van der Waals surface area (Å²) in [7, 11) is 1.77. The van der Waals surface area contributed by atoms with Crippen molar-refractivity contribution in [1.29, 1.82) is 0 Å². The predicted octanol–water partition coefficient (Wildman–Crippen LogP) is 0.00200. The van der Waals surface area contributed by atoms with Crippen molar-refractivity contribution in [3.63, 3.8) is 0 Å². The fraction of sp³-hybridized carbons (Fsp3) is 0.667. The van der Waals surface area contributed by atoms with Gasteiger partial charge in [0, 0.05) is 24.9 Å². The highest BCUT2D eigenvalue weighted by molar-refractivity contribution is 5.06. The molecule has 0 bridgehead atoms. The minimum Gasteiger partial charge on any atom is -0.401 e. The molecule has 4 N–H and O–H groups in total. The van der Waals surface area contributed by atoms with E-state index in [9.17, 15) is 0 Å². The molecular formula is C6H13N3. The molecule has 0 saturated heterocycles. The third kappa shape index (κ3) is 1.93. The summed E-state index contributed by atoms with van der Waals surface area (Å²) < 4.78 is 0. The molecule has 52 valence electrons. The molecule has 0 aliphatic heterocycles. The Morgan fingerprint density at radius 2 is 2.22 bits per heavy atom. The number of rotatable bonds is 2. The Hall–Kier alpha value is -0.700. The molecule has 1 rings (SSSR count). The lowest BCUT2D eigenvalue weighted by Gasteiger charge is -2.05. The van der Waals surface area contributed by atoms with Gasteiger partial charge in [0.05, 0.1) is 0 Å². The standard InChI is InChI=1S/C6H13N3/c1-9(8)4-6(7)5-2-3-5/h4-5H,2-3,7-8H2,1H3/b6-4-. The van der Waals surface area contributed by atoms with Crippen molar-refractivity contribution >= 4 is 0 Å². The zero-order valence-electron chi connectivity index (χ0n) is 5.67. The maximum Gasteiger partial charge on any atom is 0.0342 e. The van der Waals surface area contributed by atoms with Gasteiger partial charge in [0.15, 0.2) is 0 Å². The Kier molecular flexibility index (Phi) is 1.62. The van der Waals surface area contributed by atoms with Crippen molar-refractivity contribution in [1.82, 2.24) is 5.01 Å². The molecule has 1 aliphatic carbocycles. The van der Waals surface area contributed by atoms with Crippen molar-refractivity contribution in [2.24, 2.45) is 17.5 Å². The highest BCUT2D eigenvalue weighted by atomic mass is 15.4. The number of nitrogens with zero attached hydrogens (tertiary/aromatic N) is 1. The Morgan fingerprint density at radius 1 is 1.67 bits per heavy atom. The second kappa shape index (κ2) is 2.27. The second-order valence-corrected chi connectivity index (χ2v) is 2.57. The number of hydrogen-bond acceptors (Lipinski definition) is 3. The third-order valence-corrected chi connectivity index (χ3v) is 1.40. The van der Waals surface area contributed by atoms with Crippen LogP contribution in [-0.4, -0.2) is 12.1 Å². The molecule has 0 radical (unpaired) electrons. The van der Waals surface area contributed by atoms with Crippen molar-refractivity contribution in [3.05, 3.63) is 11.9 Å². The first kappa shape index (κ1) is 6.42. The van der Waals surface area contributed by atoms with Crippen LogP contribution in [0.25, 0.3) is 0 Å². The van der Waals surface area contributed by atoms with Crippen LogP contribution in [-0.2, 0) is 0 Å². The van der Waals surface area contributed by atoms with E-state index in [1.807, 2.05) is 0 Å². The molecule has 9 heavy (non-hydrogen) atoms. The summed E-state index contributed by atoms with van der Waals surface area (Å²) in [4.78, 5) is 0. The highest BCUT2D eigenvalue weighted by Gasteiger charge is 2.23. The monoisotopic (exact) mass is 127 g/mol. The van der Waals surface area contributed by atoms with Crippen LogP contribution in [0, 0.1) is 5.92 Å². The third-order valence-electron chi connectivity index (χ3n) is 1.40. The zero-order valence-corrected chi connectivity index (χ0v) is 5.67. The number of allylic oxidation sites excluding steroid dienone is 1. The SMILES string of the molecule is CN(N)/C=C(\N)C1CC1. The fourth-order valence-electron chi connectivity index (χ4n) is 0.757. The molecule has 0 heterocycles. The van der Waals surface area contributed by atoms with E-state index in [1.165, 1.54) is 17.9 Å². The van der Waals surface area contributed by atoms with Gasteiger partial charge in [-0.05, 0) is 12.8 Å². The van der Waals surface area contributed by atoms with Gasteiger partial charge in [-0.3, -0.25) is 0 Å². The number of hydrazine groups is 1. The van der Waals surface area contributed by atoms with Gasteiger partial charge in [0.2, 0.25) is 0 Å². The highest BCUT2D eigenvalue weighted by Crippen LogP contribution is 2.33. The van der Waals surface area contributed by atoms with E-state index in [0.717, 1.165) is 5.70 Å². The van der Waals surface area contributed by atoms with Crippen LogP contribution in [0.3, 0.4) is 0 Å². The lowest BCUT2D eigenvalue weighted by atomic mass is 10.3. The number of hydrogen-bond donors (Lipinski definition) is 2. The van der Waals surface area contributed by atoms with Crippen LogP contribution < -0.4 is 11.6 Å². The molecule has 1 saturated carbocycles. The van der Waals surface area contributed by atoms with E-state index in [-0.39, 0.29) is 0 Å². The molecule has 1 fully saturated rings. The van der Waals surface area contributed by atoms with E-state index in [4.69, 9.17) is 11.6 Å². The van der Waals surface area contributed by atoms with Crippen molar-refractivity contribution < 1.29 is 0 Å². The van der Waals surface area contributed by atoms with Gasteiger partial charge >= 0.3 is 0 Å². The van der Waals surface area contributed by atoms with Crippen LogP contribution >= 0.6 is 0 Å². The fourth-order valence-corrected chi connectivity index (χ4v) is 0.757. The van der Waals surface area contributed by atoms with Crippen LogP contribution in [0.2, 0.25) is 0 Å². The summed E-state index contributed by atoms with van der Waals surface area (Å²) in [5.74, 6) is 5.96. The summed E-state index contributed by atoms with van der Waals surface area (Å²) in [5.41, 5.74) is 6.54. The summed E-state index contributed by atoms with van der Waals surface area (Å²) in [6.07, 6.45) is 4.24. The Labute approximate surface area is 55.3 Å². The minimum absolute atomic E-state index is 0.621. The van der Waals surface area contributed by atoms with Gasteiger partial charge in [-0.1, -0.05) is 0 Å². The van der Waals surface area contributed by atoms with E-state index in [2.05, 4.69) is 0 Å². The lowest BCUT2D eigenvalue weighted by Crippen LogP contribution is -2.21. The summed E-state index contributed by atoms with van der Waals surface area (Å²) in [6, 6.07) is 0. The molecule has 1 aliphatic rings. The number of nitrogens with two attached hydrogens (primary N) is 2. The largest absolute Gasteiger partial charge is 0.401 e. The molecule has 0 spiro atoms. The normalized spacial score (nSPS) is 20.0. The topological polar surface area (TPSA) is 55.3 Å². The van der Waals surface area contributed by atoms with Crippen LogP contribution in [0.1, 0.15) is 12.8 Å². The van der Waals surface area contributed by atoms with Gasteiger partial charge in [-0.25, -0.2) is 5.84 Å². The molecule has 0 atom stereocenters. The van der Waals surface area contributed by atoms with E-state index < -0.39 is 0 Å². The molecule has 0 aromatic rings. The smallest absolute Gasteiger partial charge is 0.0342 e. The Bertz CT molecular complexity index is 124. The first-order chi connectivity index (χ1) is 4.20. The Balaban J connectivity index is 2.37. The summed E-state index contributed by atoms with van der Waals surface area (Å²) in [5, 5.41) is 1.49. The van der Waals surface area contributed by atoms with E-state index >= 15 is 0 Å². The Morgan fingerprint density at radius 3 is 2.56 bits per heavy atom. The molecule has 0 aromatic carbocycles. The van der Waals surface area contributed by atoms with Crippen molar-refractivity contribution in [3.8, 4) is 0 Å². The average molecular weight is 127 g/mol. The summed E-state index contributed by atoms with van der Waals surface area (Å²) in [6.45, 7) is 0. The second-order valence-electron chi connectivity index (χ2n) is 2.57. The quantitative estimate of drug-likeness (QED) is 0.405. The maximum atomic E-state index is 5.62.